The van der Waals surface area contributed by atoms with Crippen LogP contribution >= 0.6 is 0 Å². The molecule has 0 atom stereocenters. The van der Waals surface area contributed by atoms with Gasteiger partial charge in [-0.3, -0.25) is 4.98 Å². The molecule has 1 saturated heterocycles. The van der Waals surface area contributed by atoms with E-state index in [2.05, 4.69) is 20.3 Å². The number of aromatic amines is 1. The maximum Gasteiger partial charge on any atom is 0.233 e. The van der Waals surface area contributed by atoms with E-state index in [4.69, 9.17) is 4.74 Å². The van der Waals surface area contributed by atoms with Crippen LogP contribution in [0.2, 0.25) is 0 Å². The Morgan fingerprint density at radius 2 is 1.80 bits per heavy atom. The quantitative estimate of drug-likeness (QED) is 0.516. The van der Waals surface area contributed by atoms with Crippen molar-refractivity contribution in [3.63, 3.8) is 0 Å². The molecular formula is C23H20F2N4O. The second-order valence-electron chi connectivity index (χ2n) is 7.37. The third-order valence-electron chi connectivity index (χ3n) is 5.40. The molecule has 0 radical (unpaired) electrons. The predicted octanol–water partition coefficient (Wildman–Crippen LogP) is 4.70. The second-order valence-corrected chi connectivity index (χ2v) is 7.37. The topological polar surface area (TPSA) is 62.8 Å². The van der Waals surface area contributed by atoms with Gasteiger partial charge in [-0.15, -0.1) is 0 Å². The summed E-state index contributed by atoms with van der Waals surface area (Å²) in [6.07, 6.45) is 7.07. The molecule has 5 rings (SSSR count). The number of hydrogen-bond donors (Lipinski definition) is 2. The van der Waals surface area contributed by atoms with E-state index in [9.17, 15) is 8.78 Å². The fourth-order valence-corrected chi connectivity index (χ4v) is 3.88. The zero-order valence-electron chi connectivity index (χ0n) is 16.2. The first-order valence-corrected chi connectivity index (χ1v) is 9.94. The molecule has 152 valence electrons. The Hall–Kier alpha value is -3.32. The monoisotopic (exact) mass is 406 g/mol. The van der Waals surface area contributed by atoms with Crippen molar-refractivity contribution < 1.29 is 13.5 Å². The summed E-state index contributed by atoms with van der Waals surface area (Å²) in [6.45, 7) is 1.85. The zero-order valence-corrected chi connectivity index (χ0v) is 16.2. The van der Waals surface area contributed by atoms with Crippen molar-refractivity contribution in [3.05, 3.63) is 66.6 Å². The number of aromatic nitrogens is 3. The number of benzene rings is 2. The highest BCUT2D eigenvalue weighted by molar-refractivity contribution is 5.97. The summed E-state index contributed by atoms with van der Waals surface area (Å²) in [6, 6.07) is 9.15. The van der Waals surface area contributed by atoms with Crippen molar-refractivity contribution in [2.45, 2.75) is 18.9 Å². The van der Waals surface area contributed by atoms with Crippen LogP contribution in [0.3, 0.4) is 0 Å². The molecule has 0 aliphatic carbocycles. The summed E-state index contributed by atoms with van der Waals surface area (Å²) in [7, 11) is 0. The lowest BCUT2D eigenvalue weighted by Gasteiger charge is -2.23. The molecule has 3 heterocycles. The molecule has 4 aromatic rings. The standard InChI is InChI=1S/C23H20F2N4O/c24-18-2-1-3-19(25)23(18)14-4-5-20-16(10-14)17(11-28-20)21-12-27-13-22(29-21)30-15-6-8-26-9-7-15/h1-5,10-13,15,26,28H,6-9H2. The maximum atomic E-state index is 14.3. The van der Waals surface area contributed by atoms with Crippen molar-refractivity contribution in [3.8, 4) is 28.3 Å². The molecular weight excluding hydrogens is 386 g/mol. The van der Waals surface area contributed by atoms with Gasteiger partial charge in [0.1, 0.15) is 17.7 Å². The average molecular weight is 406 g/mol. The summed E-state index contributed by atoms with van der Waals surface area (Å²) in [5, 5.41) is 4.12. The lowest BCUT2D eigenvalue weighted by Crippen LogP contribution is -2.34. The zero-order chi connectivity index (χ0) is 20.5. The molecule has 1 aliphatic rings. The summed E-state index contributed by atoms with van der Waals surface area (Å²) in [5.41, 5.74) is 2.71. The van der Waals surface area contributed by atoms with Gasteiger partial charge >= 0.3 is 0 Å². The highest BCUT2D eigenvalue weighted by Gasteiger charge is 2.17. The van der Waals surface area contributed by atoms with Crippen LogP contribution < -0.4 is 10.1 Å². The molecule has 0 spiro atoms. The normalized spacial score (nSPS) is 14.9. The minimum Gasteiger partial charge on any atom is -0.473 e. The number of piperidine rings is 1. The van der Waals surface area contributed by atoms with Gasteiger partial charge in [-0.25, -0.2) is 13.8 Å². The van der Waals surface area contributed by atoms with E-state index in [1.165, 1.54) is 18.2 Å². The second kappa shape index (κ2) is 7.84. The highest BCUT2D eigenvalue weighted by Crippen LogP contribution is 2.33. The summed E-state index contributed by atoms with van der Waals surface area (Å²) < 4.78 is 34.5. The number of halogens is 2. The largest absolute Gasteiger partial charge is 0.473 e. The first-order valence-electron chi connectivity index (χ1n) is 9.94. The van der Waals surface area contributed by atoms with Crippen LogP contribution in [0, 0.1) is 11.6 Å². The van der Waals surface area contributed by atoms with E-state index in [0.29, 0.717) is 17.1 Å². The van der Waals surface area contributed by atoms with Crippen molar-refractivity contribution >= 4 is 10.9 Å². The van der Waals surface area contributed by atoms with Gasteiger partial charge in [-0.2, -0.15) is 0 Å². The first kappa shape index (κ1) is 18.7. The minimum absolute atomic E-state index is 0.0411. The third-order valence-corrected chi connectivity index (χ3v) is 5.40. The van der Waals surface area contributed by atoms with E-state index < -0.39 is 11.6 Å². The van der Waals surface area contributed by atoms with Crippen molar-refractivity contribution in [2.75, 3.05) is 13.1 Å². The SMILES string of the molecule is Fc1cccc(F)c1-c1ccc2[nH]cc(-c3cncc(OC4CCNCC4)n3)c2c1. The molecule has 1 fully saturated rings. The Morgan fingerprint density at radius 1 is 1.00 bits per heavy atom. The van der Waals surface area contributed by atoms with E-state index in [0.717, 1.165) is 42.4 Å². The van der Waals surface area contributed by atoms with Gasteiger partial charge in [0.25, 0.3) is 0 Å². The third kappa shape index (κ3) is 3.52. The Labute approximate surface area is 172 Å². The Kier molecular flexibility index (Phi) is 4.88. The molecule has 30 heavy (non-hydrogen) atoms. The number of nitrogens with zero attached hydrogens (tertiary/aromatic N) is 2. The highest BCUT2D eigenvalue weighted by atomic mass is 19.1. The molecule has 5 nitrogen and oxygen atoms in total. The van der Waals surface area contributed by atoms with Gasteiger partial charge in [0, 0.05) is 22.7 Å². The molecule has 2 N–H and O–H groups in total. The molecule has 2 aromatic heterocycles. The van der Waals surface area contributed by atoms with Crippen molar-refractivity contribution in [1.29, 1.82) is 0 Å². The van der Waals surface area contributed by atoms with Crippen LogP contribution in [0.25, 0.3) is 33.3 Å². The molecule has 0 bridgehead atoms. The Bertz CT molecular complexity index is 1180. The summed E-state index contributed by atoms with van der Waals surface area (Å²) >= 11 is 0. The van der Waals surface area contributed by atoms with E-state index >= 15 is 0 Å². The molecule has 2 aromatic carbocycles. The fraction of sp³-hybridized carbons (Fsp3) is 0.217. The fourth-order valence-electron chi connectivity index (χ4n) is 3.88. The van der Waals surface area contributed by atoms with Crippen LogP contribution in [-0.4, -0.2) is 34.1 Å². The summed E-state index contributed by atoms with van der Waals surface area (Å²) in [4.78, 5) is 12.1. The van der Waals surface area contributed by atoms with Crippen LogP contribution in [-0.2, 0) is 0 Å². The number of rotatable bonds is 4. The van der Waals surface area contributed by atoms with E-state index in [-0.39, 0.29) is 11.7 Å². The van der Waals surface area contributed by atoms with Gasteiger partial charge in [-0.1, -0.05) is 12.1 Å². The molecule has 0 unspecified atom stereocenters. The van der Waals surface area contributed by atoms with Gasteiger partial charge in [-0.05, 0) is 55.8 Å². The predicted molar refractivity (Wildman–Crippen MR) is 111 cm³/mol. The van der Waals surface area contributed by atoms with Crippen LogP contribution in [0.4, 0.5) is 8.78 Å². The number of H-pyrrole nitrogens is 1. The van der Waals surface area contributed by atoms with Gasteiger partial charge in [0.05, 0.1) is 23.7 Å². The lowest BCUT2D eigenvalue weighted by atomic mass is 10.0. The number of nitrogens with one attached hydrogen (secondary N) is 2. The smallest absolute Gasteiger partial charge is 0.233 e. The molecule has 0 amide bonds. The van der Waals surface area contributed by atoms with Crippen LogP contribution in [0.15, 0.2) is 55.0 Å². The minimum atomic E-state index is -0.594. The Balaban J connectivity index is 1.53. The first-order chi connectivity index (χ1) is 14.7. The maximum absolute atomic E-state index is 14.3. The number of hydrogen-bond acceptors (Lipinski definition) is 4. The van der Waals surface area contributed by atoms with Crippen LogP contribution in [0.5, 0.6) is 5.88 Å². The van der Waals surface area contributed by atoms with Gasteiger partial charge in [0.15, 0.2) is 0 Å². The van der Waals surface area contributed by atoms with Crippen molar-refractivity contribution in [1.82, 2.24) is 20.3 Å². The average Bonchev–Trinajstić information content (AvgIpc) is 3.18. The number of fused-ring (bicyclic) bond motifs is 1. The van der Waals surface area contributed by atoms with E-state index in [1.54, 1.807) is 24.5 Å². The lowest BCUT2D eigenvalue weighted by molar-refractivity contribution is 0.155. The van der Waals surface area contributed by atoms with Crippen LogP contribution in [0.1, 0.15) is 12.8 Å². The van der Waals surface area contributed by atoms with Crippen molar-refractivity contribution in [2.24, 2.45) is 0 Å². The molecule has 0 saturated carbocycles. The molecule has 1 aliphatic heterocycles. The van der Waals surface area contributed by atoms with Gasteiger partial charge < -0.3 is 15.0 Å². The van der Waals surface area contributed by atoms with Gasteiger partial charge in [0.2, 0.25) is 5.88 Å². The molecule has 7 heteroatoms. The van der Waals surface area contributed by atoms with E-state index in [1.807, 2.05) is 12.3 Å². The Morgan fingerprint density at radius 3 is 2.60 bits per heavy atom. The number of ether oxygens (including phenoxy) is 1. The summed E-state index contributed by atoms with van der Waals surface area (Å²) in [5.74, 6) is -0.711.